The Kier molecular flexibility index (Phi) is 5.30. The standard InChI is InChI=1S/C15H11Br2ClO3/c1-20-12-6-5-10(15(21-2)13(12)17)14(19)9-4-3-8(18)7-11(9)16/h3-7H,1-2H3. The fourth-order valence-corrected chi connectivity index (χ4v) is 3.42. The number of benzene rings is 2. The predicted molar refractivity (Wildman–Crippen MR) is 89.8 cm³/mol. The highest BCUT2D eigenvalue weighted by Gasteiger charge is 2.21. The molecule has 0 amide bonds. The van der Waals surface area contributed by atoms with Crippen LogP contribution >= 0.6 is 43.5 Å². The first-order chi connectivity index (χ1) is 9.99. The Hall–Kier alpha value is -1.04. The molecule has 0 N–H and O–H groups in total. The Morgan fingerprint density at radius 1 is 1.05 bits per heavy atom. The van der Waals surface area contributed by atoms with Gasteiger partial charge in [-0.3, -0.25) is 4.79 Å². The number of halogens is 3. The Bertz CT molecular complexity index is 702. The molecule has 2 aromatic carbocycles. The highest BCUT2D eigenvalue weighted by atomic mass is 79.9. The topological polar surface area (TPSA) is 35.5 Å². The lowest BCUT2D eigenvalue weighted by molar-refractivity contribution is 0.103. The van der Waals surface area contributed by atoms with Gasteiger partial charge in [-0.25, -0.2) is 0 Å². The van der Waals surface area contributed by atoms with Crippen LogP contribution in [0, 0.1) is 0 Å². The van der Waals surface area contributed by atoms with Gasteiger partial charge in [0.15, 0.2) is 5.78 Å². The van der Waals surface area contributed by atoms with Crippen LogP contribution in [0.1, 0.15) is 15.9 Å². The van der Waals surface area contributed by atoms with Crippen molar-refractivity contribution in [2.75, 3.05) is 14.2 Å². The van der Waals surface area contributed by atoms with Crippen LogP contribution in [0.4, 0.5) is 0 Å². The Balaban J connectivity index is 2.55. The van der Waals surface area contributed by atoms with Gasteiger partial charge in [0.1, 0.15) is 16.0 Å². The Morgan fingerprint density at radius 2 is 1.71 bits per heavy atom. The molecule has 0 bridgehead atoms. The van der Waals surface area contributed by atoms with Gasteiger partial charge in [0.25, 0.3) is 0 Å². The molecule has 6 heteroatoms. The quantitative estimate of drug-likeness (QED) is 0.627. The molecule has 2 aromatic rings. The molecule has 0 unspecified atom stereocenters. The molecular weight excluding hydrogens is 423 g/mol. The third-order valence-corrected chi connectivity index (χ3v) is 4.55. The Labute approximate surface area is 144 Å². The molecule has 0 saturated heterocycles. The van der Waals surface area contributed by atoms with E-state index in [0.29, 0.717) is 36.6 Å². The second-order valence-electron chi connectivity index (χ2n) is 4.12. The van der Waals surface area contributed by atoms with Crippen LogP contribution in [0.3, 0.4) is 0 Å². The van der Waals surface area contributed by atoms with Crippen LogP contribution in [0.15, 0.2) is 39.3 Å². The second kappa shape index (κ2) is 6.81. The number of hydrogen-bond donors (Lipinski definition) is 0. The van der Waals surface area contributed by atoms with Crippen molar-refractivity contribution in [3.05, 3.63) is 55.4 Å². The zero-order valence-corrected chi connectivity index (χ0v) is 15.2. The second-order valence-corrected chi connectivity index (χ2v) is 6.20. The lowest BCUT2D eigenvalue weighted by atomic mass is 10.0. The lowest BCUT2D eigenvalue weighted by Crippen LogP contribution is -2.06. The van der Waals surface area contributed by atoms with Crippen molar-refractivity contribution in [2.24, 2.45) is 0 Å². The van der Waals surface area contributed by atoms with E-state index >= 15 is 0 Å². The summed E-state index contributed by atoms with van der Waals surface area (Å²) in [6.45, 7) is 0. The van der Waals surface area contributed by atoms with Crippen LogP contribution in [0.5, 0.6) is 11.5 Å². The molecular formula is C15H11Br2ClO3. The number of carbonyl (C=O) groups is 1. The maximum atomic E-state index is 12.7. The molecule has 2 rings (SSSR count). The SMILES string of the molecule is COc1ccc(C(=O)c2ccc(Cl)cc2Br)c(OC)c1Br. The molecule has 110 valence electrons. The largest absolute Gasteiger partial charge is 0.495 e. The summed E-state index contributed by atoms with van der Waals surface area (Å²) >= 11 is 12.6. The summed E-state index contributed by atoms with van der Waals surface area (Å²) in [5, 5.41) is 0.557. The molecule has 0 fully saturated rings. The molecule has 0 aliphatic carbocycles. The number of rotatable bonds is 4. The van der Waals surface area contributed by atoms with Crippen molar-refractivity contribution in [3.8, 4) is 11.5 Å². The van der Waals surface area contributed by atoms with Gasteiger partial charge >= 0.3 is 0 Å². The van der Waals surface area contributed by atoms with E-state index in [2.05, 4.69) is 31.9 Å². The average molecular weight is 435 g/mol. The monoisotopic (exact) mass is 432 g/mol. The van der Waals surface area contributed by atoms with E-state index in [1.807, 2.05) is 0 Å². The minimum atomic E-state index is -0.168. The average Bonchev–Trinajstić information content (AvgIpc) is 2.46. The van der Waals surface area contributed by atoms with E-state index in [4.69, 9.17) is 21.1 Å². The van der Waals surface area contributed by atoms with Gasteiger partial charge < -0.3 is 9.47 Å². The fraction of sp³-hybridized carbons (Fsp3) is 0.133. The number of methoxy groups -OCH3 is 2. The fourth-order valence-electron chi connectivity index (χ4n) is 1.89. The van der Waals surface area contributed by atoms with Gasteiger partial charge in [0, 0.05) is 15.1 Å². The minimum absolute atomic E-state index is 0.168. The van der Waals surface area contributed by atoms with Crippen LogP contribution in [-0.4, -0.2) is 20.0 Å². The summed E-state index contributed by atoms with van der Waals surface area (Å²) in [4.78, 5) is 12.7. The smallest absolute Gasteiger partial charge is 0.197 e. The zero-order chi connectivity index (χ0) is 15.6. The third kappa shape index (κ3) is 3.25. The maximum absolute atomic E-state index is 12.7. The third-order valence-electron chi connectivity index (χ3n) is 2.91. The van der Waals surface area contributed by atoms with Gasteiger partial charge in [0.05, 0.1) is 19.8 Å². The van der Waals surface area contributed by atoms with Gasteiger partial charge in [-0.1, -0.05) is 11.6 Å². The number of ether oxygens (including phenoxy) is 2. The number of carbonyl (C=O) groups excluding carboxylic acids is 1. The number of hydrogen-bond acceptors (Lipinski definition) is 3. The van der Waals surface area contributed by atoms with E-state index in [1.165, 1.54) is 7.11 Å². The van der Waals surface area contributed by atoms with Crippen molar-refractivity contribution in [3.63, 3.8) is 0 Å². The Morgan fingerprint density at radius 3 is 2.29 bits per heavy atom. The summed E-state index contributed by atoms with van der Waals surface area (Å²) < 4.78 is 11.8. The molecule has 0 atom stereocenters. The zero-order valence-electron chi connectivity index (χ0n) is 11.2. The molecule has 0 saturated carbocycles. The summed E-state index contributed by atoms with van der Waals surface area (Å²) in [5.41, 5.74) is 0.947. The number of ketones is 1. The van der Waals surface area contributed by atoms with Crippen LogP contribution in [0.2, 0.25) is 5.02 Å². The van der Waals surface area contributed by atoms with Crippen molar-refractivity contribution < 1.29 is 14.3 Å². The van der Waals surface area contributed by atoms with Crippen molar-refractivity contribution in [1.29, 1.82) is 0 Å². The summed E-state index contributed by atoms with van der Waals surface area (Å²) in [5.74, 6) is 0.860. The van der Waals surface area contributed by atoms with Gasteiger partial charge in [-0.2, -0.15) is 0 Å². The highest BCUT2D eigenvalue weighted by molar-refractivity contribution is 9.11. The lowest BCUT2D eigenvalue weighted by Gasteiger charge is -2.13. The maximum Gasteiger partial charge on any atom is 0.197 e. The molecule has 3 nitrogen and oxygen atoms in total. The van der Waals surface area contributed by atoms with Crippen molar-refractivity contribution >= 4 is 49.2 Å². The van der Waals surface area contributed by atoms with E-state index in [1.54, 1.807) is 37.4 Å². The normalized spacial score (nSPS) is 10.3. The molecule has 0 spiro atoms. The molecule has 0 aliphatic heterocycles. The first kappa shape index (κ1) is 16.3. The summed E-state index contributed by atoms with van der Waals surface area (Å²) in [7, 11) is 3.06. The molecule has 0 radical (unpaired) electrons. The highest BCUT2D eigenvalue weighted by Crippen LogP contribution is 2.38. The van der Waals surface area contributed by atoms with E-state index in [0.717, 1.165) is 0 Å². The van der Waals surface area contributed by atoms with Crippen LogP contribution in [-0.2, 0) is 0 Å². The van der Waals surface area contributed by atoms with E-state index in [-0.39, 0.29) is 5.78 Å². The van der Waals surface area contributed by atoms with E-state index < -0.39 is 0 Å². The van der Waals surface area contributed by atoms with Crippen LogP contribution in [0.25, 0.3) is 0 Å². The predicted octanol–water partition coefficient (Wildman–Crippen LogP) is 5.11. The van der Waals surface area contributed by atoms with Crippen molar-refractivity contribution in [1.82, 2.24) is 0 Å². The van der Waals surface area contributed by atoms with Gasteiger partial charge in [0.2, 0.25) is 0 Å². The molecule has 21 heavy (non-hydrogen) atoms. The molecule has 0 aromatic heterocycles. The first-order valence-electron chi connectivity index (χ1n) is 5.89. The van der Waals surface area contributed by atoms with E-state index in [9.17, 15) is 4.79 Å². The minimum Gasteiger partial charge on any atom is -0.495 e. The van der Waals surface area contributed by atoms with Crippen LogP contribution < -0.4 is 9.47 Å². The first-order valence-corrected chi connectivity index (χ1v) is 7.86. The molecule has 0 heterocycles. The summed E-state index contributed by atoms with van der Waals surface area (Å²) in [6.07, 6.45) is 0. The molecule has 0 aliphatic rings. The summed E-state index contributed by atoms with van der Waals surface area (Å²) in [6, 6.07) is 8.41. The van der Waals surface area contributed by atoms with Crippen molar-refractivity contribution in [2.45, 2.75) is 0 Å². The van der Waals surface area contributed by atoms with Gasteiger partial charge in [-0.05, 0) is 62.2 Å². The van der Waals surface area contributed by atoms with Gasteiger partial charge in [-0.15, -0.1) is 0 Å².